The van der Waals surface area contributed by atoms with Crippen LogP contribution in [-0.2, 0) is 6.54 Å². The summed E-state index contributed by atoms with van der Waals surface area (Å²) < 4.78 is 0. The molecule has 0 aliphatic carbocycles. The fourth-order valence-corrected chi connectivity index (χ4v) is 1.39. The van der Waals surface area contributed by atoms with Gasteiger partial charge in [-0.3, -0.25) is 4.98 Å². The van der Waals surface area contributed by atoms with Crippen LogP contribution in [0.3, 0.4) is 0 Å². The molecule has 2 N–H and O–H groups in total. The highest BCUT2D eigenvalue weighted by molar-refractivity contribution is 5.36. The minimum atomic E-state index is 0.443. The Morgan fingerprint density at radius 3 is 2.43 bits per heavy atom. The van der Waals surface area contributed by atoms with Crippen molar-refractivity contribution in [2.45, 2.75) is 33.4 Å². The summed E-state index contributed by atoms with van der Waals surface area (Å²) in [7, 11) is 0. The molecule has 0 aromatic carbocycles. The number of rotatable bonds is 4. The van der Waals surface area contributed by atoms with Gasteiger partial charge < -0.3 is 10.6 Å². The molecule has 1 aromatic heterocycles. The van der Waals surface area contributed by atoms with Gasteiger partial charge in [0.05, 0.1) is 18.1 Å². The lowest BCUT2D eigenvalue weighted by molar-refractivity contribution is 0.690. The lowest BCUT2D eigenvalue weighted by Crippen LogP contribution is -2.31. The third-order valence-electron chi connectivity index (χ3n) is 2.16. The number of hydrogen-bond acceptors (Lipinski definition) is 4. The van der Waals surface area contributed by atoms with Gasteiger partial charge in [0.2, 0.25) is 0 Å². The Bertz CT molecular complexity index is 268. The molecule has 0 fully saturated rings. The van der Waals surface area contributed by atoms with Crippen molar-refractivity contribution in [3.63, 3.8) is 0 Å². The number of anilines is 1. The molecular weight excluding hydrogens is 176 g/mol. The Labute approximate surface area is 85.2 Å². The van der Waals surface area contributed by atoms with Crippen LogP contribution < -0.4 is 10.6 Å². The quantitative estimate of drug-likeness (QED) is 0.781. The molecule has 0 atom stereocenters. The van der Waals surface area contributed by atoms with E-state index in [0.717, 1.165) is 18.1 Å². The van der Waals surface area contributed by atoms with Crippen molar-refractivity contribution in [2.24, 2.45) is 5.73 Å². The van der Waals surface area contributed by atoms with Crippen LogP contribution in [0.2, 0.25) is 0 Å². The molecule has 0 amide bonds. The largest absolute Gasteiger partial charge is 0.353 e. The third-order valence-corrected chi connectivity index (χ3v) is 2.16. The van der Waals surface area contributed by atoms with Crippen molar-refractivity contribution in [3.05, 3.63) is 18.1 Å². The summed E-state index contributed by atoms with van der Waals surface area (Å²) in [5.41, 5.74) is 6.28. The van der Waals surface area contributed by atoms with Gasteiger partial charge in [-0.1, -0.05) is 0 Å². The third kappa shape index (κ3) is 2.42. The predicted octanol–water partition coefficient (Wildman–Crippen LogP) is 1.17. The molecule has 1 aromatic rings. The average Bonchev–Trinajstić information content (AvgIpc) is 2.19. The summed E-state index contributed by atoms with van der Waals surface area (Å²) in [4.78, 5) is 10.7. The fourth-order valence-electron chi connectivity index (χ4n) is 1.39. The maximum Gasteiger partial charge on any atom is 0.147 e. The van der Waals surface area contributed by atoms with Crippen molar-refractivity contribution >= 4 is 5.82 Å². The Kier molecular flexibility index (Phi) is 3.83. The number of aromatic nitrogens is 2. The van der Waals surface area contributed by atoms with Crippen LogP contribution >= 0.6 is 0 Å². The maximum atomic E-state index is 5.45. The number of nitrogens with two attached hydrogens (primary N) is 1. The SMILES string of the molecule is CCN(c1cnc(CN)cn1)C(C)C. The van der Waals surface area contributed by atoms with E-state index >= 15 is 0 Å². The van der Waals surface area contributed by atoms with Crippen LogP contribution in [0.1, 0.15) is 26.5 Å². The van der Waals surface area contributed by atoms with Crippen molar-refractivity contribution in [2.75, 3.05) is 11.4 Å². The zero-order chi connectivity index (χ0) is 10.6. The summed E-state index contributed by atoms with van der Waals surface area (Å²) in [5.74, 6) is 0.916. The number of nitrogens with zero attached hydrogens (tertiary/aromatic N) is 3. The van der Waals surface area contributed by atoms with Crippen LogP contribution in [0, 0.1) is 0 Å². The highest BCUT2D eigenvalue weighted by atomic mass is 15.2. The van der Waals surface area contributed by atoms with Crippen LogP contribution in [0.25, 0.3) is 0 Å². The van der Waals surface area contributed by atoms with E-state index in [1.54, 1.807) is 12.4 Å². The smallest absolute Gasteiger partial charge is 0.147 e. The Morgan fingerprint density at radius 2 is 2.07 bits per heavy atom. The highest BCUT2D eigenvalue weighted by Gasteiger charge is 2.09. The summed E-state index contributed by atoms with van der Waals surface area (Å²) in [5, 5.41) is 0. The fraction of sp³-hybridized carbons (Fsp3) is 0.600. The van der Waals surface area contributed by atoms with Gasteiger partial charge in [-0.05, 0) is 20.8 Å². The molecule has 78 valence electrons. The van der Waals surface area contributed by atoms with Crippen molar-refractivity contribution in [1.29, 1.82) is 0 Å². The zero-order valence-corrected chi connectivity index (χ0v) is 9.07. The van der Waals surface area contributed by atoms with E-state index in [0.29, 0.717) is 12.6 Å². The number of hydrogen-bond donors (Lipinski definition) is 1. The topological polar surface area (TPSA) is 55.0 Å². The van der Waals surface area contributed by atoms with Crippen LogP contribution in [0.4, 0.5) is 5.82 Å². The predicted molar refractivity (Wildman–Crippen MR) is 58.1 cm³/mol. The Morgan fingerprint density at radius 1 is 1.36 bits per heavy atom. The molecule has 0 bridgehead atoms. The standard InChI is InChI=1S/C10H18N4/c1-4-14(8(2)3)10-7-12-9(5-11)6-13-10/h6-8H,4-5,11H2,1-3H3. The van der Waals surface area contributed by atoms with Gasteiger partial charge >= 0.3 is 0 Å². The van der Waals surface area contributed by atoms with Crippen LogP contribution in [-0.4, -0.2) is 22.6 Å². The van der Waals surface area contributed by atoms with Crippen molar-refractivity contribution in [1.82, 2.24) is 9.97 Å². The van der Waals surface area contributed by atoms with Gasteiger partial charge in [0.15, 0.2) is 0 Å². The lowest BCUT2D eigenvalue weighted by atomic mass is 10.3. The summed E-state index contributed by atoms with van der Waals surface area (Å²) in [6, 6.07) is 0.443. The molecule has 1 heterocycles. The highest BCUT2D eigenvalue weighted by Crippen LogP contribution is 2.11. The molecule has 0 saturated carbocycles. The Balaban J connectivity index is 2.84. The maximum absolute atomic E-state index is 5.45. The summed E-state index contributed by atoms with van der Waals surface area (Å²) in [6.45, 7) is 7.78. The van der Waals surface area contributed by atoms with E-state index in [2.05, 4.69) is 35.6 Å². The van der Waals surface area contributed by atoms with Gasteiger partial charge in [0.25, 0.3) is 0 Å². The molecule has 4 nitrogen and oxygen atoms in total. The summed E-state index contributed by atoms with van der Waals surface area (Å²) >= 11 is 0. The molecule has 0 radical (unpaired) electrons. The van der Waals surface area contributed by atoms with Gasteiger partial charge in [0.1, 0.15) is 5.82 Å². The molecule has 0 aliphatic heterocycles. The van der Waals surface area contributed by atoms with Crippen LogP contribution in [0.15, 0.2) is 12.4 Å². The van der Waals surface area contributed by atoms with Crippen LogP contribution in [0.5, 0.6) is 0 Å². The second kappa shape index (κ2) is 4.91. The van der Waals surface area contributed by atoms with Gasteiger partial charge in [-0.2, -0.15) is 0 Å². The lowest BCUT2D eigenvalue weighted by Gasteiger charge is -2.25. The van der Waals surface area contributed by atoms with E-state index in [9.17, 15) is 0 Å². The molecule has 1 rings (SSSR count). The van der Waals surface area contributed by atoms with Gasteiger partial charge in [-0.25, -0.2) is 4.98 Å². The normalized spacial score (nSPS) is 10.6. The van der Waals surface area contributed by atoms with Crippen molar-refractivity contribution < 1.29 is 0 Å². The molecule has 0 unspecified atom stereocenters. The first kappa shape index (κ1) is 10.9. The van der Waals surface area contributed by atoms with Gasteiger partial charge in [-0.15, -0.1) is 0 Å². The zero-order valence-electron chi connectivity index (χ0n) is 9.07. The monoisotopic (exact) mass is 194 g/mol. The first-order chi connectivity index (χ1) is 6.69. The second-order valence-corrected chi connectivity index (χ2v) is 3.45. The average molecular weight is 194 g/mol. The van der Waals surface area contributed by atoms with E-state index in [4.69, 9.17) is 5.73 Å². The molecule has 0 aliphatic rings. The van der Waals surface area contributed by atoms with Gasteiger partial charge in [0, 0.05) is 19.1 Å². The first-order valence-electron chi connectivity index (χ1n) is 4.96. The second-order valence-electron chi connectivity index (χ2n) is 3.45. The molecule has 0 spiro atoms. The van der Waals surface area contributed by atoms with E-state index in [1.165, 1.54) is 0 Å². The summed E-state index contributed by atoms with van der Waals surface area (Å²) in [6.07, 6.45) is 3.52. The molecule has 14 heavy (non-hydrogen) atoms. The minimum absolute atomic E-state index is 0.443. The van der Waals surface area contributed by atoms with E-state index in [1.807, 2.05) is 0 Å². The van der Waals surface area contributed by atoms with E-state index in [-0.39, 0.29) is 0 Å². The first-order valence-corrected chi connectivity index (χ1v) is 4.96. The minimum Gasteiger partial charge on any atom is -0.353 e. The molecule has 0 saturated heterocycles. The van der Waals surface area contributed by atoms with E-state index < -0.39 is 0 Å². The molecule has 4 heteroatoms. The van der Waals surface area contributed by atoms with Crippen molar-refractivity contribution in [3.8, 4) is 0 Å². The molecular formula is C10H18N4. The Hall–Kier alpha value is -1.16.